The summed E-state index contributed by atoms with van der Waals surface area (Å²) in [5.74, 6) is 0. The van der Waals surface area contributed by atoms with Gasteiger partial charge in [0.15, 0.2) is 5.11 Å². The van der Waals surface area contributed by atoms with Gasteiger partial charge < -0.3 is 15.1 Å². The molecule has 1 aromatic rings. The minimum Gasteiger partial charge on any atom is -0.358 e. The molecule has 0 aliphatic carbocycles. The molecule has 1 aromatic carbocycles. The van der Waals surface area contributed by atoms with E-state index in [1.165, 1.54) is 12.0 Å². The van der Waals surface area contributed by atoms with Crippen molar-refractivity contribution in [2.24, 2.45) is 0 Å². The summed E-state index contributed by atoms with van der Waals surface area (Å²) in [5.41, 5.74) is 1.27. The smallest absolute Gasteiger partial charge is 0.169 e. The summed E-state index contributed by atoms with van der Waals surface area (Å²) in [6.45, 7) is 5.15. The van der Waals surface area contributed by atoms with Crippen molar-refractivity contribution in [2.45, 2.75) is 13.0 Å². The summed E-state index contributed by atoms with van der Waals surface area (Å²) in [6, 6.07) is 10.4. The van der Waals surface area contributed by atoms with Gasteiger partial charge in [0.25, 0.3) is 0 Å². The summed E-state index contributed by atoms with van der Waals surface area (Å²) in [6.07, 6.45) is 1.18. The molecule has 18 heavy (non-hydrogen) atoms. The van der Waals surface area contributed by atoms with Gasteiger partial charge in [0.1, 0.15) is 0 Å². The van der Waals surface area contributed by atoms with Gasteiger partial charge in [0.05, 0.1) is 0 Å². The predicted octanol–water partition coefficient (Wildman–Crippen LogP) is 1.70. The summed E-state index contributed by atoms with van der Waals surface area (Å²) >= 11 is 5.47. The Bertz CT molecular complexity index is 380. The van der Waals surface area contributed by atoms with E-state index in [2.05, 4.69) is 46.4 Å². The predicted molar refractivity (Wildman–Crippen MR) is 79.6 cm³/mol. The lowest BCUT2D eigenvalue weighted by Crippen LogP contribution is -2.41. The van der Waals surface area contributed by atoms with Crippen LogP contribution in [0.25, 0.3) is 0 Å². The van der Waals surface area contributed by atoms with Crippen LogP contribution in [0.1, 0.15) is 12.0 Å². The van der Waals surface area contributed by atoms with E-state index in [-0.39, 0.29) is 0 Å². The Morgan fingerprint density at radius 2 is 1.94 bits per heavy atom. The van der Waals surface area contributed by atoms with Gasteiger partial charge in [-0.2, -0.15) is 0 Å². The van der Waals surface area contributed by atoms with Gasteiger partial charge in [-0.25, -0.2) is 0 Å². The minimum atomic E-state index is 0.812. The number of nitrogens with zero attached hydrogens (tertiary/aromatic N) is 2. The van der Waals surface area contributed by atoms with Crippen LogP contribution in [0.2, 0.25) is 0 Å². The maximum absolute atomic E-state index is 5.47. The third kappa shape index (κ3) is 3.96. The van der Waals surface area contributed by atoms with Crippen LogP contribution < -0.4 is 5.32 Å². The molecule has 1 aliphatic heterocycles. The number of thiocarbonyl (C=S) groups is 1. The van der Waals surface area contributed by atoms with E-state index in [0.717, 1.165) is 37.8 Å². The summed E-state index contributed by atoms with van der Waals surface area (Å²) < 4.78 is 0. The molecule has 1 N–H and O–H groups in total. The van der Waals surface area contributed by atoms with Gasteiger partial charge in [-0.1, -0.05) is 30.3 Å². The Morgan fingerprint density at radius 1 is 1.17 bits per heavy atom. The fourth-order valence-corrected chi connectivity index (χ4v) is 2.39. The second kappa shape index (κ2) is 6.71. The lowest BCUT2D eigenvalue weighted by molar-refractivity contribution is 0.345. The van der Waals surface area contributed by atoms with E-state index in [1.807, 2.05) is 6.07 Å². The first-order valence-electron chi connectivity index (χ1n) is 6.51. The normalized spacial score (nSPS) is 17.3. The minimum absolute atomic E-state index is 0.812. The van der Waals surface area contributed by atoms with Crippen molar-refractivity contribution >= 4 is 17.3 Å². The first-order valence-corrected chi connectivity index (χ1v) is 6.92. The van der Waals surface area contributed by atoms with Crippen molar-refractivity contribution in [3.8, 4) is 0 Å². The van der Waals surface area contributed by atoms with Crippen LogP contribution in [0.3, 0.4) is 0 Å². The molecule has 0 spiro atoms. The highest BCUT2D eigenvalue weighted by Crippen LogP contribution is 2.03. The number of hydrogen-bond donors (Lipinski definition) is 1. The molecule has 0 atom stereocenters. The molecule has 98 valence electrons. The van der Waals surface area contributed by atoms with Crippen LogP contribution in [-0.4, -0.2) is 48.1 Å². The molecular weight excluding hydrogens is 242 g/mol. The number of benzene rings is 1. The number of rotatable bonds is 2. The van der Waals surface area contributed by atoms with Crippen molar-refractivity contribution in [1.29, 1.82) is 0 Å². The van der Waals surface area contributed by atoms with Crippen LogP contribution in [0.5, 0.6) is 0 Å². The molecule has 2 rings (SSSR count). The largest absolute Gasteiger partial charge is 0.358 e. The topological polar surface area (TPSA) is 18.5 Å². The highest BCUT2D eigenvalue weighted by atomic mass is 32.1. The lowest BCUT2D eigenvalue weighted by Gasteiger charge is -2.24. The zero-order chi connectivity index (χ0) is 12.8. The molecule has 3 nitrogen and oxygen atoms in total. The van der Waals surface area contributed by atoms with E-state index < -0.39 is 0 Å². The van der Waals surface area contributed by atoms with E-state index in [0.29, 0.717) is 0 Å². The van der Waals surface area contributed by atoms with Crippen molar-refractivity contribution in [3.63, 3.8) is 0 Å². The lowest BCUT2D eigenvalue weighted by atomic mass is 10.2. The van der Waals surface area contributed by atoms with Crippen molar-refractivity contribution < 1.29 is 0 Å². The van der Waals surface area contributed by atoms with Crippen molar-refractivity contribution in [1.82, 2.24) is 15.1 Å². The Hall–Kier alpha value is -1.13. The molecule has 0 unspecified atom stereocenters. The molecule has 0 aromatic heterocycles. The van der Waals surface area contributed by atoms with Gasteiger partial charge in [-0.05, 0) is 37.8 Å². The first-order chi connectivity index (χ1) is 8.75. The Labute approximate surface area is 115 Å². The molecule has 0 radical (unpaired) electrons. The number of nitrogens with one attached hydrogen (secondary N) is 1. The molecule has 1 saturated heterocycles. The average molecular weight is 263 g/mol. The van der Waals surface area contributed by atoms with Crippen LogP contribution in [0.15, 0.2) is 30.3 Å². The quantitative estimate of drug-likeness (QED) is 0.818. The molecule has 0 saturated carbocycles. The molecule has 0 bridgehead atoms. The van der Waals surface area contributed by atoms with Crippen molar-refractivity contribution in [3.05, 3.63) is 35.9 Å². The molecule has 1 aliphatic rings. The second-order valence-electron chi connectivity index (χ2n) is 4.79. The standard InChI is InChI=1S/C14H21N3S/c1-16-8-5-9-17(11-10-16)14(18)15-12-13-6-3-2-4-7-13/h2-4,6-7H,5,8-12H2,1H3,(H,15,18). The molecule has 1 fully saturated rings. The summed E-state index contributed by atoms with van der Waals surface area (Å²) in [7, 11) is 2.17. The molecule has 0 amide bonds. The molecule has 1 heterocycles. The zero-order valence-corrected chi connectivity index (χ0v) is 11.7. The van der Waals surface area contributed by atoms with Gasteiger partial charge >= 0.3 is 0 Å². The van der Waals surface area contributed by atoms with E-state index in [1.54, 1.807) is 0 Å². The zero-order valence-electron chi connectivity index (χ0n) is 10.9. The summed E-state index contributed by atoms with van der Waals surface area (Å²) in [4.78, 5) is 4.64. The first kappa shape index (κ1) is 13.3. The summed E-state index contributed by atoms with van der Waals surface area (Å²) in [5, 5.41) is 4.23. The van der Waals surface area contributed by atoms with E-state index in [4.69, 9.17) is 12.2 Å². The maximum atomic E-state index is 5.47. The van der Waals surface area contributed by atoms with Crippen LogP contribution >= 0.6 is 12.2 Å². The maximum Gasteiger partial charge on any atom is 0.169 e. The highest BCUT2D eigenvalue weighted by Gasteiger charge is 2.14. The van der Waals surface area contributed by atoms with Crippen LogP contribution in [-0.2, 0) is 6.54 Å². The van der Waals surface area contributed by atoms with Gasteiger partial charge in [-0.15, -0.1) is 0 Å². The van der Waals surface area contributed by atoms with Gasteiger partial charge in [0, 0.05) is 26.2 Å². The van der Waals surface area contributed by atoms with Gasteiger partial charge in [-0.3, -0.25) is 0 Å². The van der Waals surface area contributed by atoms with Gasteiger partial charge in [0.2, 0.25) is 0 Å². The number of likely N-dealkylation sites (N-methyl/N-ethyl adjacent to an activating group) is 1. The Morgan fingerprint density at radius 3 is 2.72 bits per heavy atom. The van der Waals surface area contributed by atoms with E-state index >= 15 is 0 Å². The molecule has 4 heteroatoms. The highest BCUT2D eigenvalue weighted by molar-refractivity contribution is 7.80. The SMILES string of the molecule is CN1CCCN(C(=S)NCc2ccccc2)CC1. The fourth-order valence-electron chi connectivity index (χ4n) is 2.13. The van der Waals surface area contributed by atoms with Crippen molar-refractivity contribution in [2.75, 3.05) is 33.2 Å². The third-order valence-corrected chi connectivity index (χ3v) is 3.70. The Kier molecular flexibility index (Phi) is 4.96. The van der Waals surface area contributed by atoms with E-state index in [9.17, 15) is 0 Å². The van der Waals surface area contributed by atoms with Crippen LogP contribution in [0, 0.1) is 0 Å². The Balaban J connectivity index is 1.80. The van der Waals surface area contributed by atoms with Crippen LogP contribution in [0.4, 0.5) is 0 Å². The second-order valence-corrected chi connectivity index (χ2v) is 5.17. The average Bonchev–Trinajstić information content (AvgIpc) is 2.62. The fraction of sp³-hybridized carbons (Fsp3) is 0.500. The third-order valence-electron chi connectivity index (χ3n) is 3.29. The molecular formula is C14H21N3S. The number of hydrogen-bond acceptors (Lipinski definition) is 2. The monoisotopic (exact) mass is 263 g/mol.